The van der Waals surface area contributed by atoms with E-state index in [4.69, 9.17) is 11.6 Å². The molecule has 0 unspecified atom stereocenters. The van der Waals surface area contributed by atoms with Gasteiger partial charge >= 0.3 is 0 Å². The van der Waals surface area contributed by atoms with Crippen LogP contribution in [0.2, 0.25) is 5.02 Å². The Hall–Kier alpha value is -0.620. The van der Waals surface area contributed by atoms with Gasteiger partial charge in [-0.2, -0.15) is 0 Å². The Labute approximate surface area is 132 Å². The maximum Gasteiger partial charge on any atom is 0.240 e. The van der Waals surface area contributed by atoms with Crippen LogP contribution in [0.15, 0.2) is 23.1 Å². The van der Waals surface area contributed by atoms with Crippen LogP contribution in [0.5, 0.6) is 0 Å². The molecule has 0 atom stereocenters. The molecule has 0 spiro atoms. The van der Waals surface area contributed by atoms with Crippen molar-refractivity contribution in [1.29, 1.82) is 0 Å². The molecule has 0 heterocycles. The van der Waals surface area contributed by atoms with Crippen molar-refractivity contribution in [3.63, 3.8) is 0 Å². The van der Waals surface area contributed by atoms with Crippen LogP contribution < -0.4 is 10.0 Å². The van der Waals surface area contributed by atoms with Crippen molar-refractivity contribution in [3.05, 3.63) is 28.8 Å². The van der Waals surface area contributed by atoms with Gasteiger partial charge in [-0.1, -0.05) is 37.8 Å². The summed E-state index contributed by atoms with van der Waals surface area (Å²) in [6, 6.07) is 4.86. The lowest BCUT2D eigenvalue weighted by atomic mass is 9.83. The molecule has 1 saturated carbocycles. The van der Waals surface area contributed by atoms with Gasteiger partial charge in [0.05, 0.1) is 4.90 Å². The van der Waals surface area contributed by atoms with E-state index in [1.807, 2.05) is 6.92 Å². The SMILES string of the molecule is CCNCc1cc(S(=O)(=O)NCCC2CCC2)ccc1Cl. The van der Waals surface area contributed by atoms with Gasteiger partial charge in [-0.15, -0.1) is 0 Å². The molecule has 0 saturated heterocycles. The minimum absolute atomic E-state index is 0.286. The van der Waals surface area contributed by atoms with Gasteiger partial charge in [0, 0.05) is 18.1 Å². The van der Waals surface area contributed by atoms with Crippen molar-refractivity contribution in [2.75, 3.05) is 13.1 Å². The van der Waals surface area contributed by atoms with Crippen LogP contribution in [0, 0.1) is 5.92 Å². The highest BCUT2D eigenvalue weighted by atomic mass is 35.5. The highest BCUT2D eigenvalue weighted by Crippen LogP contribution is 2.29. The predicted molar refractivity (Wildman–Crippen MR) is 86.0 cm³/mol. The minimum Gasteiger partial charge on any atom is -0.313 e. The molecule has 21 heavy (non-hydrogen) atoms. The Bertz CT molecular complexity index is 571. The predicted octanol–water partition coefficient (Wildman–Crippen LogP) is 2.92. The fraction of sp³-hybridized carbons (Fsp3) is 0.600. The van der Waals surface area contributed by atoms with E-state index in [1.54, 1.807) is 18.2 Å². The third-order valence-electron chi connectivity index (χ3n) is 3.96. The molecular formula is C15H23ClN2O2S. The first kappa shape index (κ1) is 16.7. The van der Waals surface area contributed by atoms with Gasteiger partial charge in [-0.25, -0.2) is 13.1 Å². The molecule has 1 aliphatic rings. The summed E-state index contributed by atoms with van der Waals surface area (Å²) in [7, 11) is -3.44. The first-order chi connectivity index (χ1) is 10.0. The molecule has 0 aromatic heterocycles. The number of rotatable bonds is 8. The standard InChI is InChI=1S/C15H23ClN2O2S/c1-2-17-11-13-10-14(6-7-15(13)16)21(19,20)18-9-8-12-4-3-5-12/h6-7,10,12,17-18H,2-5,8-9,11H2,1H3. The smallest absolute Gasteiger partial charge is 0.240 e. The topological polar surface area (TPSA) is 58.2 Å². The van der Waals surface area contributed by atoms with Crippen molar-refractivity contribution in [3.8, 4) is 0 Å². The third-order valence-corrected chi connectivity index (χ3v) is 5.79. The van der Waals surface area contributed by atoms with Crippen molar-refractivity contribution in [2.45, 2.75) is 44.0 Å². The largest absolute Gasteiger partial charge is 0.313 e. The van der Waals surface area contributed by atoms with Crippen LogP contribution >= 0.6 is 11.6 Å². The van der Waals surface area contributed by atoms with Gasteiger partial charge in [0.2, 0.25) is 10.0 Å². The average Bonchev–Trinajstić information content (AvgIpc) is 2.40. The number of hydrogen-bond donors (Lipinski definition) is 2. The van der Waals surface area contributed by atoms with E-state index in [1.165, 1.54) is 19.3 Å². The quantitative estimate of drug-likeness (QED) is 0.770. The van der Waals surface area contributed by atoms with Crippen molar-refractivity contribution < 1.29 is 8.42 Å². The second-order valence-corrected chi connectivity index (χ2v) is 7.69. The molecule has 1 aromatic carbocycles. The molecule has 0 amide bonds. The summed E-state index contributed by atoms with van der Waals surface area (Å²) in [6.07, 6.45) is 4.67. The maximum atomic E-state index is 12.3. The van der Waals surface area contributed by atoms with Crippen LogP contribution in [0.1, 0.15) is 38.2 Å². The number of hydrogen-bond acceptors (Lipinski definition) is 3. The molecule has 0 radical (unpaired) electrons. The number of nitrogens with one attached hydrogen (secondary N) is 2. The van der Waals surface area contributed by atoms with Gasteiger partial charge in [-0.3, -0.25) is 0 Å². The Morgan fingerprint density at radius 1 is 1.33 bits per heavy atom. The van der Waals surface area contributed by atoms with E-state index in [2.05, 4.69) is 10.0 Å². The second kappa shape index (κ2) is 7.58. The number of benzene rings is 1. The van der Waals surface area contributed by atoms with Crippen molar-refractivity contribution >= 4 is 21.6 Å². The van der Waals surface area contributed by atoms with E-state index >= 15 is 0 Å². The molecule has 1 aliphatic carbocycles. The number of sulfonamides is 1. The molecular weight excluding hydrogens is 308 g/mol. The van der Waals surface area contributed by atoms with Crippen LogP contribution in [0.4, 0.5) is 0 Å². The Kier molecular flexibility index (Phi) is 6.05. The fourth-order valence-electron chi connectivity index (χ4n) is 2.38. The summed E-state index contributed by atoms with van der Waals surface area (Å²) in [5.41, 5.74) is 0.806. The summed E-state index contributed by atoms with van der Waals surface area (Å²) >= 11 is 6.10. The Balaban J connectivity index is 2.00. The monoisotopic (exact) mass is 330 g/mol. The second-order valence-electron chi connectivity index (χ2n) is 5.52. The average molecular weight is 331 g/mol. The molecule has 1 fully saturated rings. The Morgan fingerprint density at radius 3 is 2.71 bits per heavy atom. The lowest BCUT2D eigenvalue weighted by molar-refractivity contribution is 0.297. The zero-order valence-corrected chi connectivity index (χ0v) is 13.9. The first-order valence-corrected chi connectivity index (χ1v) is 9.38. The van der Waals surface area contributed by atoms with Crippen molar-refractivity contribution in [1.82, 2.24) is 10.0 Å². The molecule has 6 heteroatoms. The summed E-state index contributed by atoms with van der Waals surface area (Å²) in [6.45, 7) is 3.89. The molecule has 1 aromatic rings. The Morgan fingerprint density at radius 2 is 2.10 bits per heavy atom. The van der Waals surface area contributed by atoms with Gasteiger partial charge in [0.25, 0.3) is 0 Å². The van der Waals surface area contributed by atoms with Gasteiger partial charge in [0.1, 0.15) is 0 Å². The summed E-state index contributed by atoms with van der Waals surface area (Å²) in [5, 5.41) is 3.75. The first-order valence-electron chi connectivity index (χ1n) is 7.51. The fourth-order valence-corrected chi connectivity index (χ4v) is 3.66. The summed E-state index contributed by atoms with van der Waals surface area (Å²) in [5.74, 6) is 0.697. The van der Waals surface area contributed by atoms with Crippen LogP contribution in [-0.4, -0.2) is 21.5 Å². The normalized spacial score (nSPS) is 15.9. The highest BCUT2D eigenvalue weighted by Gasteiger charge is 2.19. The zero-order valence-electron chi connectivity index (χ0n) is 12.4. The third kappa shape index (κ3) is 4.68. The zero-order chi connectivity index (χ0) is 15.3. The maximum absolute atomic E-state index is 12.3. The van der Waals surface area contributed by atoms with Gasteiger partial charge in [0.15, 0.2) is 0 Å². The molecule has 0 aliphatic heterocycles. The lowest BCUT2D eigenvalue weighted by Gasteiger charge is -2.25. The molecule has 4 nitrogen and oxygen atoms in total. The van der Waals surface area contributed by atoms with E-state index in [0.29, 0.717) is 24.0 Å². The van der Waals surface area contributed by atoms with Gasteiger partial charge < -0.3 is 5.32 Å². The minimum atomic E-state index is -3.44. The van der Waals surface area contributed by atoms with Gasteiger partial charge in [-0.05, 0) is 42.6 Å². The molecule has 2 N–H and O–H groups in total. The van der Waals surface area contributed by atoms with E-state index < -0.39 is 10.0 Å². The number of halogens is 1. The van der Waals surface area contributed by atoms with Crippen LogP contribution in [0.25, 0.3) is 0 Å². The summed E-state index contributed by atoms with van der Waals surface area (Å²) < 4.78 is 27.3. The molecule has 118 valence electrons. The molecule has 2 rings (SSSR count). The van der Waals surface area contributed by atoms with Crippen molar-refractivity contribution in [2.24, 2.45) is 5.92 Å². The lowest BCUT2D eigenvalue weighted by Crippen LogP contribution is -2.27. The van der Waals surface area contributed by atoms with E-state index in [0.717, 1.165) is 18.5 Å². The highest BCUT2D eigenvalue weighted by molar-refractivity contribution is 7.89. The molecule has 0 bridgehead atoms. The summed E-state index contributed by atoms with van der Waals surface area (Å²) in [4.78, 5) is 0.286. The van der Waals surface area contributed by atoms with E-state index in [9.17, 15) is 8.42 Å². The van der Waals surface area contributed by atoms with Crippen LogP contribution in [0.3, 0.4) is 0 Å². The van der Waals surface area contributed by atoms with E-state index in [-0.39, 0.29) is 4.90 Å². The van der Waals surface area contributed by atoms with Crippen LogP contribution in [-0.2, 0) is 16.6 Å².